The predicted molar refractivity (Wildman–Crippen MR) is 79.8 cm³/mol. The number of epoxide rings is 1. The maximum Gasteiger partial charge on any atom is 0.198 e. The van der Waals surface area contributed by atoms with E-state index in [1.165, 1.54) is 0 Å². The summed E-state index contributed by atoms with van der Waals surface area (Å²) in [5, 5.41) is 9.40. The highest BCUT2D eigenvalue weighted by Gasteiger charge is 2.68. The van der Waals surface area contributed by atoms with Gasteiger partial charge >= 0.3 is 0 Å². The average molecular weight is 290 g/mol. The highest BCUT2D eigenvalue weighted by Crippen LogP contribution is 2.48. The normalized spacial score (nSPS) is 28.2. The zero-order chi connectivity index (χ0) is 15.5. The number of unbranched alkanes of at least 4 members (excludes halogenated alkanes) is 3. The summed E-state index contributed by atoms with van der Waals surface area (Å²) in [5.74, 6) is -0.477. The van der Waals surface area contributed by atoms with E-state index in [-0.39, 0.29) is 17.1 Å². The second-order valence-corrected chi connectivity index (χ2v) is 5.52. The van der Waals surface area contributed by atoms with Crippen molar-refractivity contribution < 1.29 is 19.4 Å². The van der Waals surface area contributed by atoms with Gasteiger partial charge in [-0.1, -0.05) is 38.0 Å². The molecule has 1 heterocycles. The Balaban J connectivity index is 2.20. The Kier molecular flexibility index (Phi) is 4.91. The van der Waals surface area contributed by atoms with Crippen LogP contribution >= 0.6 is 0 Å². The maximum atomic E-state index is 12.6. The third-order valence-electron chi connectivity index (χ3n) is 4.05. The Hall–Kier alpha value is -1.52. The van der Waals surface area contributed by atoms with Crippen LogP contribution in [-0.2, 0) is 14.3 Å². The van der Waals surface area contributed by atoms with Crippen LogP contribution in [-0.4, -0.2) is 35.0 Å². The van der Waals surface area contributed by atoms with Gasteiger partial charge in [0.25, 0.3) is 0 Å². The number of carbonyl (C=O) groups is 2. The van der Waals surface area contributed by atoms with Gasteiger partial charge in [0.15, 0.2) is 23.3 Å². The Morgan fingerprint density at radius 1 is 1.38 bits per heavy atom. The minimum Gasteiger partial charge on any atom is -0.392 e. The number of fused-ring (bicyclic) bond motifs is 1. The van der Waals surface area contributed by atoms with E-state index in [1.54, 1.807) is 12.2 Å². The summed E-state index contributed by atoms with van der Waals surface area (Å²) < 4.78 is 5.38. The zero-order valence-corrected chi connectivity index (χ0v) is 12.4. The van der Waals surface area contributed by atoms with Crippen molar-refractivity contribution in [3.05, 3.63) is 36.0 Å². The van der Waals surface area contributed by atoms with Crippen molar-refractivity contribution in [2.75, 3.05) is 6.61 Å². The number of allylic oxidation sites excluding steroid dienone is 2. The molecular formula is C17H22O4. The molecule has 0 amide bonds. The minimum absolute atomic E-state index is 0.175. The Bertz CT molecular complexity index is 515. The van der Waals surface area contributed by atoms with E-state index in [0.29, 0.717) is 12.0 Å². The molecule has 2 atom stereocenters. The molecule has 0 aromatic heterocycles. The van der Waals surface area contributed by atoms with E-state index >= 15 is 0 Å². The lowest BCUT2D eigenvalue weighted by molar-refractivity contribution is -0.123. The molecule has 0 radical (unpaired) electrons. The number of aliphatic hydroxyl groups excluding tert-OH is 1. The lowest BCUT2D eigenvalue weighted by Crippen LogP contribution is -2.38. The van der Waals surface area contributed by atoms with Crippen molar-refractivity contribution in [2.24, 2.45) is 0 Å². The van der Waals surface area contributed by atoms with Crippen LogP contribution < -0.4 is 0 Å². The molecule has 1 saturated heterocycles. The van der Waals surface area contributed by atoms with Crippen molar-refractivity contribution in [3.63, 3.8) is 0 Å². The third-order valence-corrected chi connectivity index (χ3v) is 4.05. The fourth-order valence-electron chi connectivity index (χ4n) is 2.79. The summed E-state index contributed by atoms with van der Waals surface area (Å²) >= 11 is 0. The van der Waals surface area contributed by atoms with Gasteiger partial charge in [0.05, 0.1) is 6.61 Å². The van der Waals surface area contributed by atoms with Crippen LogP contribution in [0.15, 0.2) is 36.0 Å². The molecular weight excluding hydrogens is 268 g/mol. The fourth-order valence-corrected chi connectivity index (χ4v) is 2.79. The molecule has 1 aliphatic heterocycles. The van der Waals surface area contributed by atoms with Crippen LogP contribution in [0.4, 0.5) is 0 Å². The maximum absolute atomic E-state index is 12.6. The van der Waals surface area contributed by atoms with Crippen molar-refractivity contribution >= 4 is 11.6 Å². The molecule has 0 aromatic carbocycles. The lowest BCUT2D eigenvalue weighted by atomic mass is 9.80. The van der Waals surface area contributed by atoms with Crippen LogP contribution in [0.25, 0.3) is 0 Å². The Morgan fingerprint density at radius 2 is 2.14 bits per heavy atom. The molecule has 0 bridgehead atoms. The first-order chi connectivity index (χ1) is 10.1. The van der Waals surface area contributed by atoms with E-state index in [9.17, 15) is 14.7 Å². The molecule has 1 fully saturated rings. The molecule has 4 heteroatoms. The van der Waals surface area contributed by atoms with Crippen molar-refractivity contribution in [1.29, 1.82) is 0 Å². The van der Waals surface area contributed by atoms with E-state index in [1.807, 2.05) is 6.08 Å². The summed E-state index contributed by atoms with van der Waals surface area (Å²) in [5.41, 5.74) is -0.579. The van der Waals surface area contributed by atoms with E-state index in [2.05, 4.69) is 13.5 Å². The highest BCUT2D eigenvalue weighted by atomic mass is 16.6. The second-order valence-electron chi connectivity index (χ2n) is 5.52. The van der Waals surface area contributed by atoms with E-state index < -0.39 is 18.3 Å². The molecule has 0 spiro atoms. The van der Waals surface area contributed by atoms with Gasteiger partial charge in [-0.2, -0.15) is 0 Å². The van der Waals surface area contributed by atoms with Crippen molar-refractivity contribution in [2.45, 2.75) is 50.7 Å². The molecule has 2 aliphatic rings. The smallest absolute Gasteiger partial charge is 0.198 e. The van der Waals surface area contributed by atoms with Crippen LogP contribution in [0.1, 0.15) is 39.0 Å². The van der Waals surface area contributed by atoms with E-state index in [0.717, 1.165) is 25.7 Å². The largest absolute Gasteiger partial charge is 0.392 e. The number of Topliss-reactive ketones (excluding diaryl/α,β-unsaturated/α-hetero) is 2. The number of carbonyl (C=O) groups excluding carboxylic acids is 2. The molecule has 114 valence electrons. The van der Waals surface area contributed by atoms with E-state index in [4.69, 9.17) is 4.74 Å². The Morgan fingerprint density at radius 3 is 2.76 bits per heavy atom. The molecule has 1 N–H and O–H groups in total. The average Bonchev–Trinajstić information content (AvgIpc) is 3.20. The number of hydrogen-bond donors (Lipinski definition) is 1. The van der Waals surface area contributed by atoms with Crippen molar-refractivity contribution in [3.8, 4) is 0 Å². The first kappa shape index (κ1) is 15.9. The van der Waals surface area contributed by atoms with Gasteiger partial charge in [-0.15, -0.1) is 6.58 Å². The van der Waals surface area contributed by atoms with Gasteiger partial charge in [-0.3, -0.25) is 9.59 Å². The number of aliphatic hydroxyl groups is 1. The number of ether oxygens (including phenoxy) is 1. The number of rotatable bonds is 8. The molecule has 21 heavy (non-hydrogen) atoms. The summed E-state index contributed by atoms with van der Waals surface area (Å²) in [6.45, 7) is 5.32. The summed E-state index contributed by atoms with van der Waals surface area (Å²) in [4.78, 5) is 24.8. The molecule has 0 saturated carbocycles. The molecule has 0 unspecified atom stereocenters. The lowest BCUT2D eigenvalue weighted by Gasteiger charge is -2.18. The van der Waals surface area contributed by atoms with Gasteiger partial charge < -0.3 is 9.84 Å². The SMILES string of the molecule is C=CC[C@]12O[C@@H]1C(=O)C(CO)=C(/C=C/CCCCC)C2=O. The topological polar surface area (TPSA) is 66.9 Å². The fraction of sp³-hybridized carbons (Fsp3) is 0.529. The monoisotopic (exact) mass is 290 g/mol. The molecule has 2 rings (SSSR count). The van der Waals surface area contributed by atoms with Gasteiger partial charge in [0.1, 0.15) is 0 Å². The van der Waals surface area contributed by atoms with Crippen molar-refractivity contribution in [1.82, 2.24) is 0 Å². The van der Waals surface area contributed by atoms with Gasteiger partial charge in [0, 0.05) is 17.6 Å². The van der Waals surface area contributed by atoms with Gasteiger partial charge in [0.2, 0.25) is 0 Å². The molecule has 0 aromatic rings. The third kappa shape index (κ3) is 2.78. The number of ketones is 2. The minimum atomic E-state index is -1.05. The van der Waals surface area contributed by atoms with Crippen LogP contribution in [0.2, 0.25) is 0 Å². The van der Waals surface area contributed by atoms with Crippen LogP contribution in [0, 0.1) is 0 Å². The number of hydrogen-bond acceptors (Lipinski definition) is 4. The van der Waals surface area contributed by atoms with Crippen LogP contribution in [0.3, 0.4) is 0 Å². The zero-order valence-electron chi connectivity index (χ0n) is 12.4. The first-order valence-electron chi connectivity index (χ1n) is 7.50. The molecule has 1 aliphatic carbocycles. The first-order valence-corrected chi connectivity index (χ1v) is 7.50. The molecule has 4 nitrogen and oxygen atoms in total. The summed E-state index contributed by atoms with van der Waals surface area (Å²) in [6, 6.07) is 0. The summed E-state index contributed by atoms with van der Waals surface area (Å²) in [7, 11) is 0. The second kappa shape index (κ2) is 6.50. The quantitative estimate of drug-likeness (QED) is 0.423. The summed E-state index contributed by atoms with van der Waals surface area (Å²) in [6.07, 6.45) is 8.93. The van der Waals surface area contributed by atoms with Gasteiger partial charge in [-0.25, -0.2) is 0 Å². The van der Waals surface area contributed by atoms with Gasteiger partial charge in [-0.05, 0) is 12.8 Å². The van der Waals surface area contributed by atoms with Crippen LogP contribution in [0.5, 0.6) is 0 Å². The standard InChI is InChI=1S/C17H22O4/c1-3-5-6-7-8-9-12-13(11-18)14(19)16-17(21-16,10-4-2)15(12)20/h4,8-9,16,18H,2-3,5-7,10-11H2,1H3/b9-8+/t16-,17-/m1/s1. The predicted octanol–water partition coefficient (Wildman–Crippen LogP) is 2.28. The Labute approximate surface area is 125 Å². The highest BCUT2D eigenvalue weighted by molar-refractivity contribution is 6.22.